The normalized spacial score (nSPS) is 24.2. The van der Waals surface area contributed by atoms with E-state index in [9.17, 15) is 8.42 Å². The van der Waals surface area contributed by atoms with E-state index in [-0.39, 0.29) is 12.1 Å². The molecule has 0 aromatic carbocycles. The zero-order valence-corrected chi connectivity index (χ0v) is 14.5. The number of nitrogens with one attached hydrogen (secondary N) is 1. The summed E-state index contributed by atoms with van der Waals surface area (Å²) < 4.78 is 30.8. The van der Waals surface area contributed by atoms with E-state index in [1.54, 1.807) is 4.31 Å². The van der Waals surface area contributed by atoms with E-state index in [4.69, 9.17) is 10.6 Å². The SMILES string of the molecule is CCOC(C(C)C)C(CC1CCCN(S(C)(=O)=O)C1)NN. The molecule has 0 aliphatic carbocycles. The van der Waals surface area contributed by atoms with Gasteiger partial charge in [-0.05, 0) is 38.0 Å². The molecule has 0 radical (unpaired) electrons. The minimum absolute atomic E-state index is 0.0496. The second kappa shape index (κ2) is 8.43. The Morgan fingerprint density at radius 1 is 1.43 bits per heavy atom. The van der Waals surface area contributed by atoms with E-state index < -0.39 is 10.0 Å². The first kappa shape index (κ1) is 18.8. The van der Waals surface area contributed by atoms with E-state index in [2.05, 4.69) is 19.3 Å². The Morgan fingerprint density at radius 3 is 2.57 bits per heavy atom. The Kier molecular flexibility index (Phi) is 7.56. The smallest absolute Gasteiger partial charge is 0.211 e. The van der Waals surface area contributed by atoms with Crippen molar-refractivity contribution in [2.45, 2.75) is 52.2 Å². The first-order valence-corrected chi connectivity index (χ1v) is 9.67. The van der Waals surface area contributed by atoms with Crippen LogP contribution in [0.1, 0.15) is 40.0 Å². The molecule has 126 valence electrons. The summed E-state index contributed by atoms with van der Waals surface area (Å²) in [4.78, 5) is 0. The number of ether oxygens (including phenoxy) is 1. The minimum Gasteiger partial charge on any atom is -0.377 e. The average Bonchev–Trinajstić information content (AvgIpc) is 2.41. The molecule has 3 atom stereocenters. The molecule has 0 aromatic heterocycles. The lowest BCUT2D eigenvalue weighted by Gasteiger charge is -2.36. The van der Waals surface area contributed by atoms with Gasteiger partial charge in [0.05, 0.1) is 12.4 Å². The third-order valence-electron chi connectivity index (χ3n) is 4.16. The minimum atomic E-state index is -3.10. The van der Waals surface area contributed by atoms with Crippen LogP contribution in [0.4, 0.5) is 0 Å². The zero-order valence-electron chi connectivity index (χ0n) is 13.7. The molecule has 1 saturated heterocycles. The zero-order chi connectivity index (χ0) is 16.0. The van der Waals surface area contributed by atoms with Crippen LogP contribution >= 0.6 is 0 Å². The fourth-order valence-corrected chi connectivity index (χ4v) is 4.08. The number of hydrazine groups is 1. The standard InChI is InChI=1S/C14H31N3O3S/c1-5-20-14(11(2)3)13(16-15)9-12-7-6-8-17(10-12)21(4,18)19/h11-14,16H,5-10,15H2,1-4H3. The van der Waals surface area contributed by atoms with Crippen LogP contribution in [-0.2, 0) is 14.8 Å². The summed E-state index contributed by atoms with van der Waals surface area (Å²) in [7, 11) is -3.10. The van der Waals surface area contributed by atoms with E-state index >= 15 is 0 Å². The highest BCUT2D eigenvalue weighted by atomic mass is 32.2. The molecule has 3 unspecified atom stereocenters. The number of piperidine rings is 1. The third-order valence-corrected chi connectivity index (χ3v) is 5.43. The summed E-state index contributed by atoms with van der Waals surface area (Å²) in [6, 6.07) is 0.0504. The molecule has 0 amide bonds. The van der Waals surface area contributed by atoms with Crippen LogP contribution in [0, 0.1) is 11.8 Å². The number of hydrogen-bond donors (Lipinski definition) is 2. The fraction of sp³-hybridized carbons (Fsp3) is 1.00. The second-order valence-electron chi connectivity index (χ2n) is 6.30. The van der Waals surface area contributed by atoms with Crippen LogP contribution < -0.4 is 11.3 Å². The Morgan fingerprint density at radius 2 is 2.10 bits per heavy atom. The molecule has 0 aromatic rings. The van der Waals surface area contributed by atoms with E-state index in [1.807, 2.05) is 6.92 Å². The average molecular weight is 321 g/mol. The van der Waals surface area contributed by atoms with Crippen LogP contribution in [0.15, 0.2) is 0 Å². The van der Waals surface area contributed by atoms with Crippen molar-refractivity contribution < 1.29 is 13.2 Å². The summed E-state index contributed by atoms with van der Waals surface area (Å²) in [5.41, 5.74) is 2.88. The maximum absolute atomic E-state index is 11.7. The highest BCUT2D eigenvalue weighted by molar-refractivity contribution is 7.88. The summed E-state index contributed by atoms with van der Waals surface area (Å²) in [5.74, 6) is 6.41. The van der Waals surface area contributed by atoms with Gasteiger partial charge in [0.2, 0.25) is 10.0 Å². The summed E-state index contributed by atoms with van der Waals surface area (Å²) in [6.07, 6.45) is 4.13. The maximum atomic E-state index is 11.7. The van der Waals surface area contributed by atoms with Gasteiger partial charge in [-0.2, -0.15) is 0 Å². The van der Waals surface area contributed by atoms with Crippen molar-refractivity contribution >= 4 is 10.0 Å². The number of sulfonamides is 1. The fourth-order valence-electron chi connectivity index (χ4n) is 3.14. The second-order valence-corrected chi connectivity index (χ2v) is 8.28. The molecule has 0 spiro atoms. The van der Waals surface area contributed by atoms with Crippen molar-refractivity contribution in [3.05, 3.63) is 0 Å². The largest absolute Gasteiger partial charge is 0.377 e. The van der Waals surface area contributed by atoms with Crippen molar-refractivity contribution in [3.63, 3.8) is 0 Å². The van der Waals surface area contributed by atoms with Crippen molar-refractivity contribution in [2.24, 2.45) is 17.7 Å². The molecular weight excluding hydrogens is 290 g/mol. The quantitative estimate of drug-likeness (QED) is 0.513. The Bertz CT molecular complexity index is 400. The van der Waals surface area contributed by atoms with Crippen molar-refractivity contribution in [2.75, 3.05) is 26.0 Å². The first-order chi connectivity index (χ1) is 9.79. The molecule has 1 aliphatic rings. The van der Waals surface area contributed by atoms with Gasteiger partial charge >= 0.3 is 0 Å². The molecule has 21 heavy (non-hydrogen) atoms. The van der Waals surface area contributed by atoms with Gasteiger partial charge in [0.15, 0.2) is 0 Å². The van der Waals surface area contributed by atoms with Crippen molar-refractivity contribution in [1.82, 2.24) is 9.73 Å². The van der Waals surface area contributed by atoms with Gasteiger partial charge in [-0.25, -0.2) is 12.7 Å². The van der Waals surface area contributed by atoms with Gasteiger partial charge in [0.25, 0.3) is 0 Å². The van der Waals surface area contributed by atoms with Crippen LogP contribution in [0.3, 0.4) is 0 Å². The summed E-state index contributed by atoms with van der Waals surface area (Å²) in [5, 5.41) is 0. The van der Waals surface area contributed by atoms with E-state index in [0.29, 0.717) is 31.5 Å². The van der Waals surface area contributed by atoms with Gasteiger partial charge < -0.3 is 4.74 Å². The topological polar surface area (TPSA) is 84.7 Å². The van der Waals surface area contributed by atoms with Crippen LogP contribution in [-0.4, -0.2) is 50.8 Å². The molecule has 1 aliphatic heterocycles. The maximum Gasteiger partial charge on any atom is 0.211 e. The summed E-state index contributed by atoms with van der Waals surface area (Å²) in [6.45, 7) is 8.10. The molecule has 0 saturated carbocycles. The molecule has 1 rings (SSSR count). The predicted octanol–water partition coefficient (Wildman–Crippen LogP) is 0.941. The number of hydrogen-bond acceptors (Lipinski definition) is 5. The predicted molar refractivity (Wildman–Crippen MR) is 85.1 cm³/mol. The Hall–Kier alpha value is -0.210. The monoisotopic (exact) mass is 321 g/mol. The van der Waals surface area contributed by atoms with Gasteiger partial charge in [-0.1, -0.05) is 13.8 Å². The van der Waals surface area contributed by atoms with Gasteiger partial charge in [-0.15, -0.1) is 0 Å². The van der Waals surface area contributed by atoms with E-state index in [0.717, 1.165) is 19.3 Å². The first-order valence-electron chi connectivity index (χ1n) is 7.82. The lowest BCUT2D eigenvalue weighted by molar-refractivity contribution is -0.00430. The van der Waals surface area contributed by atoms with Crippen LogP contribution in [0.25, 0.3) is 0 Å². The summed E-state index contributed by atoms with van der Waals surface area (Å²) >= 11 is 0. The van der Waals surface area contributed by atoms with Gasteiger partial charge in [-0.3, -0.25) is 11.3 Å². The van der Waals surface area contributed by atoms with Crippen molar-refractivity contribution in [3.8, 4) is 0 Å². The number of rotatable bonds is 8. The molecule has 7 heteroatoms. The van der Waals surface area contributed by atoms with Crippen molar-refractivity contribution in [1.29, 1.82) is 0 Å². The molecule has 1 heterocycles. The molecule has 3 N–H and O–H groups in total. The third kappa shape index (κ3) is 5.83. The molecule has 6 nitrogen and oxygen atoms in total. The lowest BCUT2D eigenvalue weighted by atomic mass is 9.87. The number of nitrogens with two attached hydrogens (primary N) is 1. The van der Waals surface area contributed by atoms with Crippen LogP contribution in [0.5, 0.6) is 0 Å². The van der Waals surface area contributed by atoms with Crippen LogP contribution in [0.2, 0.25) is 0 Å². The number of nitrogens with zero attached hydrogens (tertiary/aromatic N) is 1. The highest BCUT2D eigenvalue weighted by Crippen LogP contribution is 2.25. The Labute approximate surface area is 129 Å². The van der Waals surface area contributed by atoms with Gasteiger partial charge in [0, 0.05) is 25.7 Å². The molecule has 0 bridgehead atoms. The van der Waals surface area contributed by atoms with Gasteiger partial charge in [0.1, 0.15) is 0 Å². The molecule has 1 fully saturated rings. The Balaban J connectivity index is 2.67. The highest BCUT2D eigenvalue weighted by Gasteiger charge is 2.31. The van der Waals surface area contributed by atoms with E-state index in [1.165, 1.54) is 6.26 Å². The lowest BCUT2D eigenvalue weighted by Crippen LogP contribution is -2.50. The molecular formula is C14H31N3O3S.